The summed E-state index contributed by atoms with van der Waals surface area (Å²) >= 11 is 0. The van der Waals surface area contributed by atoms with Crippen molar-refractivity contribution in [3.8, 4) is 0 Å². The number of unbranched alkanes of at least 4 members (excludes halogenated alkanes) is 2. The highest BCUT2D eigenvalue weighted by Crippen LogP contribution is 2.18. The van der Waals surface area contributed by atoms with Crippen LogP contribution in [-0.2, 0) is 9.47 Å². The first kappa shape index (κ1) is 16.8. The van der Waals surface area contributed by atoms with E-state index >= 15 is 0 Å². The van der Waals surface area contributed by atoms with E-state index in [9.17, 15) is 10.2 Å². The van der Waals surface area contributed by atoms with Crippen molar-refractivity contribution in [1.29, 1.82) is 0 Å². The standard InChI is InChI=1S/C13H28O4/c1-3-5-7-13(11-14,12-15)17-10-9-16-8-6-4-2/h14-15H,3-12H2,1-2H3. The lowest BCUT2D eigenvalue weighted by atomic mass is 9.98. The molecule has 2 N–H and O–H groups in total. The van der Waals surface area contributed by atoms with Crippen LogP contribution in [0.5, 0.6) is 0 Å². The Morgan fingerprint density at radius 3 is 2.06 bits per heavy atom. The van der Waals surface area contributed by atoms with Crippen molar-refractivity contribution >= 4 is 0 Å². The van der Waals surface area contributed by atoms with Gasteiger partial charge in [0.25, 0.3) is 0 Å². The quantitative estimate of drug-likeness (QED) is 0.516. The summed E-state index contributed by atoms with van der Waals surface area (Å²) in [5, 5.41) is 18.6. The second-order valence-electron chi connectivity index (χ2n) is 4.42. The maximum atomic E-state index is 9.32. The highest BCUT2D eigenvalue weighted by molar-refractivity contribution is 4.79. The van der Waals surface area contributed by atoms with E-state index in [2.05, 4.69) is 13.8 Å². The minimum Gasteiger partial charge on any atom is -0.393 e. The van der Waals surface area contributed by atoms with Gasteiger partial charge in [-0.25, -0.2) is 0 Å². The molecule has 17 heavy (non-hydrogen) atoms. The highest BCUT2D eigenvalue weighted by Gasteiger charge is 2.28. The monoisotopic (exact) mass is 248 g/mol. The maximum Gasteiger partial charge on any atom is 0.114 e. The molecular formula is C13H28O4. The van der Waals surface area contributed by atoms with Gasteiger partial charge in [0.1, 0.15) is 5.60 Å². The normalized spacial score (nSPS) is 12.0. The molecule has 0 aromatic heterocycles. The number of ether oxygens (including phenoxy) is 2. The van der Waals surface area contributed by atoms with Crippen LogP contribution in [0.15, 0.2) is 0 Å². The fourth-order valence-electron chi connectivity index (χ4n) is 1.54. The minimum absolute atomic E-state index is 0.140. The maximum absolute atomic E-state index is 9.32. The predicted molar refractivity (Wildman–Crippen MR) is 68.1 cm³/mol. The zero-order valence-electron chi connectivity index (χ0n) is 11.3. The summed E-state index contributed by atoms with van der Waals surface area (Å²) in [5.41, 5.74) is -0.788. The Morgan fingerprint density at radius 1 is 0.882 bits per heavy atom. The van der Waals surface area contributed by atoms with Gasteiger partial charge >= 0.3 is 0 Å². The fraction of sp³-hybridized carbons (Fsp3) is 1.00. The lowest BCUT2D eigenvalue weighted by Gasteiger charge is -2.30. The smallest absolute Gasteiger partial charge is 0.114 e. The lowest BCUT2D eigenvalue weighted by Crippen LogP contribution is -2.41. The molecule has 0 rings (SSSR count). The van der Waals surface area contributed by atoms with E-state index in [1.54, 1.807) is 0 Å². The third-order valence-electron chi connectivity index (χ3n) is 2.84. The molecule has 0 aliphatic carbocycles. The molecule has 0 aliphatic heterocycles. The molecule has 0 saturated heterocycles. The van der Waals surface area contributed by atoms with Gasteiger partial charge in [0.15, 0.2) is 0 Å². The summed E-state index contributed by atoms with van der Waals surface area (Å²) in [6.45, 7) is 5.61. The van der Waals surface area contributed by atoms with Crippen LogP contribution < -0.4 is 0 Å². The third kappa shape index (κ3) is 7.71. The molecule has 0 heterocycles. The second-order valence-corrected chi connectivity index (χ2v) is 4.42. The van der Waals surface area contributed by atoms with Crippen LogP contribution in [-0.4, -0.2) is 48.8 Å². The molecule has 0 aliphatic rings. The Morgan fingerprint density at radius 2 is 1.53 bits per heavy atom. The van der Waals surface area contributed by atoms with Gasteiger partial charge in [0.05, 0.1) is 26.4 Å². The van der Waals surface area contributed by atoms with Crippen molar-refractivity contribution in [3.05, 3.63) is 0 Å². The lowest BCUT2D eigenvalue weighted by molar-refractivity contribution is -0.125. The van der Waals surface area contributed by atoms with Crippen molar-refractivity contribution in [2.75, 3.05) is 33.0 Å². The van der Waals surface area contributed by atoms with Gasteiger partial charge in [-0.3, -0.25) is 0 Å². The summed E-state index contributed by atoms with van der Waals surface area (Å²) in [4.78, 5) is 0. The third-order valence-corrected chi connectivity index (χ3v) is 2.84. The van der Waals surface area contributed by atoms with Crippen molar-refractivity contribution in [1.82, 2.24) is 0 Å². The Labute approximate surface area is 105 Å². The Kier molecular flexibility index (Phi) is 10.9. The second kappa shape index (κ2) is 11.0. The average molecular weight is 248 g/mol. The molecule has 0 amide bonds. The van der Waals surface area contributed by atoms with Crippen molar-refractivity contribution < 1.29 is 19.7 Å². The molecule has 0 unspecified atom stereocenters. The van der Waals surface area contributed by atoms with Gasteiger partial charge in [-0.15, -0.1) is 0 Å². The first-order valence-electron chi connectivity index (χ1n) is 6.68. The van der Waals surface area contributed by atoms with Crippen LogP contribution in [0.2, 0.25) is 0 Å². The Bertz CT molecular complexity index is 157. The van der Waals surface area contributed by atoms with Gasteiger partial charge in [-0.2, -0.15) is 0 Å². The van der Waals surface area contributed by atoms with Crippen LogP contribution in [0.4, 0.5) is 0 Å². The van der Waals surface area contributed by atoms with Crippen molar-refractivity contribution in [3.63, 3.8) is 0 Å². The largest absolute Gasteiger partial charge is 0.393 e. The molecule has 0 fully saturated rings. The topological polar surface area (TPSA) is 58.9 Å². The first-order valence-corrected chi connectivity index (χ1v) is 6.68. The molecule has 104 valence electrons. The molecule has 0 bridgehead atoms. The zero-order chi connectivity index (χ0) is 13.0. The van der Waals surface area contributed by atoms with Gasteiger partial charge in [0, 0.05) is 6.61 Å². The molecule has 4 heteroatoms. The van der Waals surface area contributed by atoms with Crippen LogP contribution in [0.25, 0.3) is 0 Å². The average Bonchev–Trinajstić information content (AvgIpc) is 2.38. The molecule has 0 atom stereocenters. The molecule has 0 aromatic carbocycles. The van der Waals surface area contributed by atoms with E-state index < -0.39 is 5.60 Å². The Balaban J connectivity index is 3.75. The van der Waals surface area contributed by atoms with E-state index in [-0.39, 0.29) is 13.2 Å². The summed E-state index contributed by atoms with van der Waals surface area (Å²) < 4.78 is 11.0. The highest BCUT2D eigenvalue weighted by atomic mass is 16.5. The van der Waals surface area contributed by atoms with E-state index in [1.165, 1.54) is 0 Å². The van der Waals surface area contributed by atoms with Gasteiger partial charge in [0.2, 0.25) is 0 Å². The predicted octanol–water partition coefficient (Wildman–Crippen LogP) is 1.73. The summed E-state index contributed by atoms with van der Waals surface area (Å²) in [6, 6.07) is 0. The summed E-state index contributed by atoms with van der Waals surface area (Å²) in [6.07, 6.45) is 4.83. The van der Waals surface area contributed by atoms with Crippen molar-refractivity contribution in [2.45, 2.75) is 51.6 Å². The molecule has 0 saturated carbocycles. The molecule has 4 nitrogen and oxygen atoms in total. The number of hydrogen-bond donors (Lipinski definition) is 2. The van der Waals surface area contributed by atoms with Crippen LogP contribution >= 0.6 is 0 Å². The van der Waals surface area contributed by atoms with Crippen molar-refractivity contribution in [2.24, 2.45) is 0 Å². The summed E-state index contributed by atoms with van der Waals surface area (Å²) in [7, 11) is 0. The van der Waals surface area contributed by atoms with E-state index in [4.69, 9.17) is 9.47 Å². The molecule has 0 radical (unpaired) electrons. The zero-order valence-corrected chi connectivity index (χ0v) is 11.3. The van der Waals surface area contributed by atoms with Gasteiger partial charge in [-0.05, 0) is 12.8 Å². The fourth-order valence-corrected chi connectivity index (χ4v) is 1.54. The SMILES string of the molecule is CCCCOCCOC(CO)(CO)CCCC. The van der Waals surface area contributed by atoms with Gasteiger partial charge < -0.3 is 19.7 Å². The van der Waals surface area contributed by atoms with Gasteiger partial charge in [-0.1, -0.05) is 33.1 Å². The first-order chi connectivity index (χ1) is 8.24. The number of hydrogen-bond acceptors (Lipinski definition) is 4. The van der Waals surface area contributed by atoms with Crippen LogP contribution in [0, 0.1) is 0 Å². The number of aliphatic hydroxyl groups is 2. The summed E-state index contributed by atoms with van der Waals surface area (Å²) in [5.74, 6) is 0. The number of aliphatic hydroxyl groups excluding tert-OH is 2. The van der Waals surface area contributed by atoms with Crippen LogP contribution in [0.1, 0.15) is 46.0 Å². The molecule has 0 aromatic rings. The minimum atomic E-state index is -0.788. The van der Waals surface area contributed by atoms with E-state index in [0.717, 1.165) is 32.3 Å². The van der Waals surface area contributed by atoms with E-state index in [0.29, 0.717) is 19.6 Å². The van der Waals surface area contributed by atoms with Crippen LogP contribution in [0.3, 0.4) is 0 Å². The van der Waals surface area contributed by atoms with E-state index in [1.807, 2.05) is 0 Å². The molecular weight excluding hydrogens is 220 g/mol. The Hall–Kier alpha value is -0.160. The number of rotatable bonds is 12. The molecule has 0 spiro atoms.